The number of benzene rings is 3. The van der Waals surface area contributed by atoms with E-state index in [1.54, 1.807) is 60.7 Å². The molecule has 8 nitrogen and oxygen atoms in total. The van der Waals surface area contributed by atoms with Crippen LogP contribution in [-0.4, -0.2) is 30.4 Å². The molecule has 0 aliphatic heterocycles. The highest BCUT2D eigenvalue weighted by atomic mass is 16.5. The van der Waals surface area contributed by atoms with Crippen molar-refractivity contribution in [2.24, 2.45) is 0 Å². The quantitative estimate of drug-likeness (QED) is 0.462. The molecule has 0 heterocycles. The van der Waals surface area contributed by atoms with Crippen LogP contribution in [0.4, 0.5) is 4.79 Å². The first-order valence-corrected chi connectivity index (χ1v) is 10.2. The summed E-state index contributed by atoms with van der Waals surface area (Å²) in [6.07, 6.45) is 0. The second-order valence-corrected chi connectivity index (χ2v) is 7.01. The van der Waals surface area contributed by atoms with Crippen molar-refractivity contribution in [3.05, 3.63) is 108 Å². The van der Waals surface area contributed by atoms with Crippen LogP contribution in [0.15, 0.2) is 91.0 Å². The first kappa shape index (κ1) is 23.2. The van der Waals surface area contributed by atoms with Crippen LogP contribution in [0.1, 0.15) is 27.5 Å². The Morgan fingerprint density at radius 2 is 1.33 bits per heavy atom. The lowest BCUT2D eigenvalue weighted by atomic mass is 10.1. The lowest BCUT2D eigenvalue weighted by molar-refractivity contribution is -0.150. The Balaban J connectivity index is 1.54. The van der Waals surface area contributed by atoms with Crippen LogP contribution in [0, 0.1) is 0 Å². The first-order chi connectivity index (χ1) is 16.0. The van der Waals surface area contributed by atoms with Gasteiger partial charge in [0.1, 0.15) is 0 Å². The van der Waals surface area contributed by atoms with Gasteiger partial charge in [-0.2, -0.15) is 0 Å². The van der Waals surface area contributed by atoms with Crippen molar-refractivity contribution in [1.29, 1.82) is 0 Å². The molecule has 4 amide bonds. The summed E-state index contributed by atoms with van der Waals surface area (Å²) in [5, 5.41) is 7.27. The van der Waals surface area contributed by atoms with Gasteiger partial charge in [-0.25, -0.2) is 9.59 Å². The SMILES string of the molecule is O=C(COC(=O)C(NC(=O)c1ccccc1)c1ccccc1)NC(=O)NCc1ccccc1. The van der Waals surface area contributed by atoms with Crippen LogP contribution in [0.3, 0.4) is 0 Å². The van der Waals surface area contributed by atoms with Crippen LogP contribution < -0.4 is 16.0 Å². The van der Waals surface area contributed by atoms with E-state index in [9.17, 15) is 19.2 Å². The number of carbonyl (C=O) groups excluding carboxylic acids is 4. The van der Waals surface area contributed by atoms with Crippen molar-refractivity contribution in [3.8, 4) is 0 Å². The van der Waals surface area contributed by atoms with Gasteiger partial charge in [0.2, 0.25) is 0 Å². The van der Waals surface area contributed by atoms with E-state index in [-0.39, 0.29) is 6.54 Å². The minimum Gasteiger partial charge on any atom is -0.454 e. The van der Waals surface area contributed by atoms with E-state index < -0.39 is 36.5 Å². The molecule has 0 aliphatic rings. The molecule has 3 aromatic carbocycles. The van der Waals surface area contributed by atoms with Gasteiger partial charge < -0.3 is 15.4 Å². The largest absolute Gasteiger partial charge is 0.454 e. The maximum atomic E-state index is 12.7. The highest BCUT2D eigenvalue weighted by molar-refractivity contribution is 5.98. The number of imide groups is 1. The predicted octanol–water partition coefficient (Wildman–Crippen LogP) is 2.73. The number of rotatable bonds is 8. The van der Waals surface area contributed by atoms with E-state index in [4.69, 9.17) is 4.74 Å². The third kappa shape index (κ3) is 7.32. The highest BCUT2D eigenvalue weighted by Gasteiger charge is 2.25. The molecular weight excluding hydrogens is 422 g/mol. The number of urea groups is 1. The molecule has 8 heteroatoms. The molecule has 168 valence electrons. The third-order valence-corrected chi connectivity index (χ3v) is 4.57. The van der Waals surface area contributed by atoms with Crippen molar-refractivity contribution >= 4 is 23.8 Å². The molecule has 1 unspecified atom stereocenters. The number of hydrogen-bond acceptors (Lipinski definition) is 5. The minimum absolute atomic E-state index is 0.237. The lowest BCUT2D eigenvalue weighted by Crippen LogP contribution is -2.42. The fourth-order valence-electron chi connectivity index (χ4n) is 2.93. The number of amides is 4. The summed E-state index contributed by atoms with van der Waals surface area (Å²) in [7, 11) is 0. The van der Waals surface area contributed by atoms with Crippen LogP contribution >= 0.6 is 0 Å². The average molecular weight is 445 g/mol. The number of ether oxygens (including phenoxy) is 1. The van der Waals surface area contributed by atoms with Gasteiger partial charge >= 0.3 is 12.0 Å². The molecule has 0 aromatic heterocycles. The predicted molar refractivity (Wildman–Crippen MR) is 121 cm³/mol. The molecule has 0 saturated heterocycles. The van der Waals surface area contributed by atoms with Gasteiger partial charge in [0.05, 0.1) is 0 Å². The van der Waals surface area contributed by atoms with Gasteiger partial charge in [0.25, 0.3) is 11.8 Å². The number of esters is 1. The Hall–Kier alpha value is -4.46. The molecule has 33 heavy (non-hydrogen) atoms. The topological polar surface area (TPSA) is 114 Å². The second kappa shape index (κ2) is 11.8. The van der Waals surface area contributed by atoms with Gasteiger partial charge in [0.15, 0.2) is 12.6 Å². The van der Waals surface area contributed by atoms with Crippen molar-refractivity contribution in [2.45, 2.75) is 12.6 Å². The van der Waals surface area contributed by atoms with Crippen molar-refractivity contribution in [2.75, 3.05) is 6.61 Å². The standard InChI is InChI=1S/C25H23N3O5/c29-21(27-25(32)26-16-18-10-4-1-5-11-18)17-33-24(31)22(19-12-6-2-7-13-19)28-23(30)20-14-8-3-9-15-20/h1-15,22H,16-17H2,(H,28,30)(H2,26,27,29,32). The van der Waals surface area contributed by atoms with Crippen LogP contribution in [0.2, 0.25) is 0 Å². The molecule has 3 aromatic rings. The number of hydrogen-bond donors (Lipinski definition) is 3. The summed E-state index contributed by atoms with van der Waals surface area (Å²) in [5.41, 5.74) is 1.73. The van der Waals surface area contributed by atoms with Gasteiger partial charge in [-0.1, -0.05) is 78.9 Å². The van der Waals surface area contributed by atoms with Crippen LogP contribution in [0.5, 0.6) is 0 Å². The van der Waals surface area contributed by atoms with E-state index in [2.05, 4.69) is 16.0 Å². The lowest BCUT2D eigenvalue weighted by Gasteiger charge is -2.18. The van der Waals surface area contributed by atoms with Crippen molar-refractivity contribution < 1.29 is 23.9 Å². The Morgan fingerprint density at radius 3 is 1.97 bits per heavy atom. The van der Waals surface area contributed by atoms with Gasteiger partial charge in [-0.3, -0.25) is 14.9 Å². The molecule has 0 aliphatic carbocycles. The maximum absolute atomic E-state index is 12.7. The fourth-order valence-corrected chi connectivity index (χ4v) is 2.93. The fraction of sp³-hybridized carbons (Fsp3) is 0.120. The number of nitrogens with one attached hydrogen (secondary N) is 3. The van der Waals surface area contributed by atoms with E-state index >= 15 is 0 Å². The van der Waals surface area contributed by atoms with Crippen molar-refractivity contribution in [3.63, 3.8) is 0 Å². The van der Waals surface area contributed by atoms with Crippen molar-refractivity contribution in [1.82, 2.24) is 16.0 Å². The molecule has 0 bridgehead atoms. The molecular formula is C25H23N3O5. The zero-order valence-corrected chi connectivity index (χ0v) is 17.7. The zero-order chi connectivity index (χ0) is 23.5. The highest BCUT2D eigenvalue weighted by Crippen LogP contribution is 2.15. The summed E-state index contributed by atoms with van der Waals surface area (Å²) >= 11 is 0. The first-order valence-electron chi connectivity index (χ1n) is 10.2. The Kier molecular flexibility index (Phi) is 8.30. The van der Waals surface area contributed by atoms with E-state index in [0.717, 1.165) is 5.56 Å². The second-order valence-electron chi connectivity index (χ2n) is 7.01. The smallest absolute Gasteiger partial charge is 0.333 e. The van der Waals surface area contributed by atoms with Gasteiger partial charge in [-0.05, 0) is 23.3 Å². The molecule has 1 atom stereocenters. The Morgan fingerprint density at radius 1 is 0.758 bits per heavy atom. The summed E-state index contributed by atoms with van der Waals surface area (Å²) in [6.45, 7) is -0.441. The van der Waals surface area contributed by atoms with Gasteiger partial charge in [-0.15, -0.1) is 0 Å². The van der Waals surface area contributed by atoms with Crippen LogP contribution in [-0.2, 0) is 20.9 Å². The normalized spacial score (nSPS) is 11.0. The zero-order valence-electron chi connectivity index (χ0n) is 17.7. The monoisotopic (exact) mass is 445 g/mol. The molecule has 0 fully saturated rings. The maximum Gasteiger partial charge on any atom is 0.333 e. The third-order valence-electron chi connectivity index (χ3n) is 4.57. The molecule has 0 saturated carbocycles. The van der Waals surface area contributed by atoms with Gasteiger partial charge in [0, 0.05) is 12.1 Å². The molecule has 3 N–H and O–H groups in total. The Labute approximate surface area is 191 Å². The molecule has 0 radical (unpaired) electrons. The minimum atomic E-state index is -1.13. The summed E-state index contributed by atoms with van der Waals surface area (Å²) in [4.78, 5) is 49.2. The Bertz CT molecular complexity index is 1090. The summed E-state index contributed by atoms with van der Waals surface area (Å²) < 4.78 is 5.08. The molecule has 0 spiro atoms. The summed E-state index contributed by atoms with van der Waals surface area (Å²) in [5.74, 6) is -2.09. The van der Waals surface area contributed by atoms with E-state index in [1.165, 1.54) is 0 Å². The number of carbonyl (C=O) groups is 4. The van der Waals surface area contributed by atoms with E-state index in [0.29, 0.717) is 11.1 Å². The van der Waals surface area contributed by atoms with E-state index in [1.807, 2.05) is 30.3 Å². The molecule has 3 rings (SSSR count). The average Bonchev–Trinajstić information content (AvgIpc) is 2.86. The van der Waals surface area contributed by atoms with Crippen LogP contribution in [0.25, 0.3) is 0 Å². The summed E-state index contributed by atoms with van der Waals surface area (Å²) in [6, 6.07) is 24.3.